The van der Waals surface area contributed by atoms with E-state index in [0.29, 0.717) is 23.4 Å². The van der Waals surface area contributed by atoms with Crippen molar-refractivity contribution in [2.24, 2.45) is 0 Å². The standard InChI is InChI=1S/C29H29ClN4O7/c1-2-13-31-29(40)41-21-10-6-7-18(14-21)16-32-26(36)20-11-12-22(23(30)15-20)27(37)34-24(28(38)39)17-33-25(35)19-8-4-3-5-9-19/h3-12,14-15,24H,2,13,16-17H2,1H3,(H,31,40)(H,32,36)(H,33,35)(H,34,37)(H,38,39). The van der Waals surface area contributed by atoms with Crippen LogP contribution in [0, 0.1) is 0 Å². The van der Waals surface area contributed by atoms with Crippen molar-refractivity contribution in [3.63, 3.8) is 0 Å². The van der Waals surface area contributed by atoms with E-state index in [4.69, 9.17) is 16.3 Å². The molecule has 0 fully saturated rings. The van der Waals surface area contributed by atoms with Crippen molar-refractivity contribution >= 4 is 41.4 Å². The zero-order valence-corrected chi connectivity index (χ0v) is 22.9. The first-order chi connectivity index (χ1) is 19.7. The van der Waals surface area contributed by atoms with Gasteiger partial charge in [0.2, 0.25) is 0 Å². The lowest BCUT2D eigenvalue weighted by atomic mass is 10.1. The first-order valence-corrected chi connectivity index (χ1v) is 13.0. The summed E-state index contributed by atoms with van der Waals surface area (Å²) in [6.07, 6.45) is 0.201. The third-order valence-corrected chi connectivity index (χ3v) is 5.98. The second-order valence-corrected chi connectivity index (χ2v) is 9.19. The highest BCUT2D eigenvalue weighted by Crippen LogP contribution is 2.19. The van der Waals surface area contributed by atoms with E-state index < -0.39 is 35.8 Å². The molecule has 214 valence electrons. The Labute approximate surface area is 241 Å². The van der Waals surface area contributed by atoms with Gasteiger partial charge >= 0.3 is 12.1 Å². The van der Waals surface area contributed by atoms with Gasteiger partial charge < -0.3 is 31.1 Å². The predicted octanol–water partition coefficient (Wildman–Crippen LogP) is 3.38. The van der Waals surface area contributed by atoms with E-state index in [1.807, 2.05) is 6.92 Å². The van der Waals surface area contributed by atoms with Crippen LogP contribution in [-0.4, -0.2) is 54.0 Å². The summed E-state index contributed by atoms with van der Waals surface area (Å²) in [6, 6.07) is 17.4. The number of carboxylic acid groups (broad SMARTS) is 1. The number of hydrogen-bond acceptors (Lipinski definition) is 6. The largest absolute Gasteiger partial charge is 0.480 e. The molecule has 1 atom stereocenters. The molecule has 3 aromatic rings. The number of rotatable bonds is 12. The van der Waals surface area contributed by atoms with Crippen molar-refractivity contribution in [1.82, 2.24) is 21.3 Å². The lowest BCUT2D eigenvalue weighted by Gasteiger charge is -2.16. The maximum atomic E-state index is 12.7. The van der Waals surface area contributed by atoms with Crippen LogP contribution < -0.4 is 26.0 Å². The molecule has 12 heteroatoms. The van der Waals surface area contributed by atoms with E-state index in [-0.39, 0.29) is 29.2 Å². The molecule has 1 unspecified atom stereocenters. The number of halogens is 1. The molecule has 0 bridgehead atoms. The van der Waals surface area contributed by atoms with Gasteiger partial charge in [0.25, 0.3) is 17.7 Å². The number of ether oxygens (including phenoxy) is 1. The molecule has 0 aromatic heterocycles. The maximum absolute atomic E-state index is 12.7. The molecular formula is C29H29ClN4O7. The first-order valence-electron chi connectivity index (χ1n) is 12.7. The smallest absolute Gasteiger partial charge is 0.412 e. The Balaban J connectivity index is 1.57. The van der Waals surface area contributed by atoms with Gasteiger partial charge in [-0.25, -0.2) is 9.59 Å². The minimum absolute atomic E-state index is 0.0462. The molecule has 3 rings (SSSR count). The molecule has 0 aliphatic carbocycles. The van der Waals surface area contributed by atoms with Crippen molar-refractivity contribution in [3.05, 3.63) is 100 Å². The van der Waals surface area contributed by atoms with Crippen LogP contribution in [0.3, 0.4) is 0 Å². The Hall–Kier alpha value is -4.90. The summed E-state index contributed by atoms with van der Waals surface area (Å²) in [6.45, 7) is 2.18. The second kappa shape index (κ2) is 15.0. The summed E-state index contributed by atoms with van der Waals surface area (Å²) >= 11 is 6.25. The fourth-order valence-corrected chi connectivity index (χ4v) is 3.80. The Morgan fingerprint density at radius 2 is 1.56 bits per heavy atom. The van der Waals surface area contributed by atoms with Crippen molar-refractivity contribution in [2.75, 3.05) is 13.1 Å². The molecule has 0 radical (unpaired) electrons. The van der Waals surface area contributed by atoms with E-state index in [2.05, 4.69) is 21.3 Å². The van der Waals surface area contributed by atoms with E-state index in [1.54, 1.807) is 54.6 Å². The van der Waals surface area contributed by atoms with Crippen LogP contribution in [-0.2, 0) is 11.3 Å². The van der Waals surface area contributed by atoms with Crippen LogP contribution in [0.1, 0.15) is 50.0 Å². The molecule has 0 heterocycles. The third kappa shape index (κ3) is 9.36. The number of carbonyl (C=O) groups is 5. The van der Waals surface area contributed by atoms with Crippen molar-refractivity contribution in [3.8, 4) is 5.75 Å². The molecule has 41 heavy (non-hydrogen) atoms. The van der Waals surface area contributed by atoms with E-state index in [1.165, 1.54) is 18.2 Å². The minimum atomic E-state index is -1.42. The predicted molar refractivity (Wildman–Crippen MR) is 151 cm³/mol. The summed E-state index contributed by atoms with van der Waals surface area (Å²) in [4.78, 5) is 61.1. The number of benzene rings is 3. The van der Waals surface area contributed by atoms with Gasteiger partial charge in [0.05, 0.1) is 10.6 Å². The number of amides is 4. The van der Waals surface area contributed by atoms with Gasteiger partial charge in [0, 0.05) is 30.8 Å². The number of aliphatic carboxylic acids is 1. The quantitative estimate of drug-likeness (QED) is 0.219. The van der Waals surface area contributed by atoms with Crippen LogP contribution in [0.2, 0.25) is 5.02 Å². The molecule has 0 aliphatic rings. The monoisotopic (exact) mass is 580 g/mol. The molecule has 0 aliphatic heterocycles. The number of hydrogen-bond donors (Lipinski definition) is 5. The zero-order chi connectivity index (χ0) is 29.8. The Bertz CT molecular complexity index is 1420. The normalized spacial score (nSPS) is 11.1. The molecule has 0 spiro atoms. The van der Waals surface area contributed by atoms with Crippen molar-refractivity contribution < 1.29 is 33.8 Å². The van der Waals surface area contributed by atoms with Crippen LogP contribution in [0.25, 0.3) is 0 Å². The molecular weight excluding hydrogens is 552 g/mol. The SMILES string of the molecule is CCCNC(=O)Oc1cccc(CNC(=O)c2ccc(C(=O)NC(CNC(=O)c3ccccc3)C(=O)O)c(Cl)c2)c1. The summed E-state index contributed by atoms with van der Waals surface area (Å²) in [5.41, 5.74) is 1.15. The summed E-state index contributed by atoms with van der Waals surface area (Å²) in [5.74, 6) is -2.78. The van der Waals surface area contributed by atoms with Gasteiger partial charge in [-0.3, -0.25) is 14.4 Å². The van der Waals surface area contributed by atoms with Crippen LogP contribution in [0.15, 0.2) is 72.8 Å². The van der Waals surface area contributed by atoms with Gasteiger partial charge in [-0.05, 0) is 54.4 Å². The summed E-state index contributed by atoms with van der Waals surface area (Å²) in [5, 5.41) is 19.6. The molecule has 11 nitrogen and oxygen atoms in total. The van der Waals surface area contributed by atoms with Gasteiger partial charge in [0.15, 0.2) is 0 Å². The maximum Gasteiger partial charge on any atom is 0.412 e. The van der Waals surface area contributed by atoms with Crippen LogP contribution >= 0.6 is 11.6 Å². The van der Waals surface area contributed by atoms with Gasteiger partial charge in [-0.15, -0.1) is 0 Å². The van der Waals surface area contributed by atoms with E-state index in [0.717, 1.165) is 6.42 Å². The molecule has 5 N–H and O–H groups in total. The molecule has 4 amide bonds. The highest BCUT2D eigenvalue weighted by molar-refractivity contribution is 6.34. The van der Waals surface area contributed by atoms with Gasteiger partial charge in [-0.2, -0.15) is 0 Å². The zero-order valence-electron chi connectivity index (χ0n) is 22.1. The van der Waals surface area contributed by atoms with Crippen LogP contribution in [0.5, 0.6) is 5.75 Å². The lowest BCUT2D eigenvalue weighted by molar-refractivity contribution is -0.139. The minimum Gasteiger partial charge on any atom is -0.480 e. The fourth-order valence-electron chi connectivity index (χ4n) is 3.54. The summed E-state index contributed by atoms with van der Waals surface area (Å²) in [7, 11) is 0. The molecule has 3 aromatic carbocycles. The highest BCUT2D eigenvalue weighted by Gasteiger charge is 2.23. The van der Waals surface area contributed by atoms with E-state index in [9.17, 15) is 29.1 Å². The average Bonchev–Trinajstić information content (AvgIpc) is 2.97. The number of carboxylic acids is 1. The molecule has 0 saturated carbocycles. The molecule has 0 saturated heterocycles. The van der Waals surface area contributed by atoms with Crippen molar-refractivity contribution in [1.29, 1.82) is 0 Å². The van der Waals surface area contributed by atoms with E-state index >= 15 is 0 Å². The van der Waals surface area contributed by atoms with Gasteiger partial charge in [-0.1, -0.05) is 48.9 Å². The van der Waals surface area contributed by atoms with Gasteiger partial charge in [0.1, 0.15) is 11.8 Å². The average molecular weight is 581 g/mol. The number of nitrogens with one attached hydrogen (secondary N) is 4. The highest BCUT2D eigenvalue weighted by atomic mass is 35.5. The topological polar surface area (TPSA) is 163 Å². The van der Waals surface area contributed by atoms with Crippen molar-refractivity contribution in [2.45, 2.75) is 25.9 Å². The third-order valence-electron chi connectivity index (χ3n) is 5.66. The Morgan fingerprint density at radius 1 is 0.829 bits per heavy atom. The first kappa shape index (κ1) is 30.6. The second-order valence-electron chi connectivity index (χ2n) is 8.78. The number of carbonyl (C=O) groups excluding carboxylic acids is 4. The Morgan fingerprint density at radius 3 is 2.24 bits per heavy atom. The lowest BCUT2D eigenvalue weighted by Crippen LogP contribution is -2.48. The summed E-state index contributed by atoms with van der Waals surface area (Å²) < 4.78 is 5.21. The fraction of sp³-hybridized carbons (Fsp3) is 0.207. The Kier molecular flexibility index (Phi) is 11.2. The van der Waals surface area contributed by atoms with Crippen LogP contribution in [0.4, 0.5) is 4.79 Å².